The number of carbonyl (C=O) groups excluding carboxylic acids is 1. The first-order valence-electron chi connectivity index (χ1n) is 4.91. The monoisotopic (exact) mass is 230 g/mol. The average Bonchev–Trinajstić information content (AvgIpc) is 2.41. The van der Waals surface area contributed by atoms with E-state index in [1.54, 1.807) is 0 Å². The van der Waals surface area contributed by atoms with Gasteiger partial charge in [-0.1, -0.05) is 0 Å². The van der Waals surface area contributed by atoms with E-state index in [1.807, 2.05) is 0 Å². The number of rotatable bonds is 3. The molecule has 1 aliphatic carbocycles. The van der Waals surface area contributed by atoms with E-state index in [9.17, 15) is 14.4 Å². The Bertz CT molecular complexity index is 336. The van der Waals surface area contributed by atoms with Crippen LogP contribution < -0.4 is 0 Å². The highest BCUT2D eigenvalue weighted by atomic mass is 16.6. The van der Waals surface area contributed by atoms with E-state index < -0.39 is 35.3 Å². The first kappa shape index (κ1) is 12.5. The predicted octanol–water partition coefficient (Wildman–Crippen LogP) is 0.504. The van der Waals surface area contributed by atoms with Crippen molar-refractivity contribution in [3.05, 3.63) is 0 Å². The molecule has 0 aromatic carbocycles. The van der Waals surface area contributed by atoms with Crippen LogP contribution in [0.3, 0.4) is 0 Å². The molecule has 1 saturated carbocycles. The molecule has 3 unspecified atom stereocenters. The summed E-state index contributed by atoms with van der Waals surface area (Å²) in [6.07, 6.45) is 0.0350. The lowest BCUT2D eigenvalue weighted by atomic mass is 9.93. The molecule has 1 aliphatic rings. The van der Waals surface area contributed by atoms with Crippen LogP contribution in [-0.4, -0.2) is 33.7 Å². The third-order valence-corrected chi connectivity index (χ3v) is 2.93. The van der Waals surface area contributed by atoms with Crippen molar-refractivity contribution in [2.75, 3.05) is 0 Å². The van der Waals surface area contributed by atoms with Crippen molar-refractivity contribution in [1.82, 2.24) is 0 Å². The zero-order valence-electron chi connectivity index (χ0n) is 9.10. The summed E-state index contributed by atoms with van der Waals surface area (Å²) in [4.78, 5) is 32.7. The first-order valence-corrected chi connectivity index (χ1v) is 4.91. The zero-order valence-corrected chi connectivity index (χ0v) is 9.10. The lowest BCUT2D eigenvalue weighted by molar-refractivity contribution is -0.166. The second kappa shape index (κ2) is 4.11. The second-order valence-corrected chi connectivity index (χ2v) is 4.27. The Hall–Kier alpha value is -1.59. The fraction of sp³-hybridized carbons (Fsp3) is 0.700. The van der Waals surface area contributed by atoms with Gasteiger partial charge in [-0.15, -0.1) is 0 Å². The molecule has 0 aliphatic heterocycles. The molecule has 0 spiro atoms. The van der Waals surface area contributed by atoms with Gasteiger partial charge in [0.05, 0.1) is 11.8 Å². The minimum absolute atomic E-state index is 0.00551. The summed E-state index contributed by atoms with van der Waals surface area (Å²) in [5.41, 5.74) is -1.22. The van der Waals surface area contributed by atoms with Gasteiger partial charge in [0.25, 0.3) is 0 Å². The number of carboxylic acid groups (broad SMARTS) is 2. The fourth-order valence-electron chi connectivity index (χ4n) is 2.24. The number of carbonyl (C=O) groups is 3. The molecule has 0 saturated heterocycles. The summed E-state index contributed by atoms with van der Waals surface area (Å²) in [7, 11) is 0. The molecule has 0 radical (unpaired) electrons. The van der Waals surface area contributed by atoms with Crippen LogP contribution in [0.5, 0.6) is 0 Å². The maximum atomic E-state index is 11.0. The van der Waals surface area contributed by atoms with E-state index in [2.05, 4.69) is 0 Å². The molecule has 0 aromatic rings. The third-order valence-electron chi connectivity index (χ3n) is 2.93. The Labute approximate surface area is 92.2 Å². The smallest absolute Gasteiger partial charge is 0.310 e. The summed E-state index contributed by atoms with van der Waals surface area (Å²) >= 11 is 0. The van der Waals surface area contributed by atoms with Crippen LogP contribution in [0.2, 0.25) is 0 Å². The molecule has 90 valence electrons. The fourth-order valence-corrected chi connectivity index (χ4v) is 2.24. The van der Waals surface area contributed by atoms with Gasteiger partial charge in [0.1, 0.15) is 5.60 Å². The number of hydrogen-bond donors (Lipinski definition) is 2. The molecule has 1 rings (SSSR count). The highest BCUT2D eigenvalue weighted by Crippen LogP contribution is 2.42. The maximum absolute atomic E-state index is 11.0. The normalized spacial score (nSPS) is 33.4. The van der Waals surface area contributed by atoms with Crippen molar-refractivity contribution in [2.45, 2.75) is 32.3 Å². The van der Waals surface area contributed by atoms with Gasteiger partial charge in [0.15, 0.2) is 0 Å². The number of esters is 1. The first-order chi connectivity index (χ1) is 7.26. The van der Waals surface area contributed by atoms with Crippen LogP contribution in [-0.2, 0) is 19.1 Å². The second-order valence-electron chi connectivity index (χ2n) is 4.27. The van der Waals surface area contributed by atoms with Crippen LogP contribution >= 0.6 is 0 Å². The largest absolute Gasteiger partial charge is 0.481 e. The Morgan fingerprint density at radius 3 is 2.19 bits per heavy atom. The van der Waals surface area contributed by atoms with E-state index >= 15 is 0 Å². The summed E-state index contributed by atoms with van der Waals surface area (Å²) in [5.74, 6) is -4.52. The summed E-state index contributed by atoms with van der Waals surface area (Å²) in [6, 6.07) is 0. The highest BCUT2D eigenvalue weighted by molar-refractivity contribution is 5.78. The summed E-state index contributed by atoms with van der Waals surface area (Å²) in [5, 5.41) is 17.8. The van der Waals surface area contributed by atoms with Crippen molar-refractivity contribution < 1.29 is 29.3 Å². The molecular weight excluding hydrogens is 216 g/mol. The lowest BCUT2D eigenvalue weighted by Gasteiger charge is -2.28. The molecule has 0 heterocycles. The van der Waals surface area contributed by atoms with Crippen LogP contribution in [0, 0.1) is 11.8 Å². The van der Waals surface area contributed by atoms with Gasteiger partial charge in [0.2, 0.25) is 0 Å². The number of hydrogen-bond acceptors (Lipinski definition) is 4. The molecule has 1 fully saturated rings. The van der Waals surface area contributed by atoms with Crippen molar-refractivity contribution in [2.24, 2.45) is 11.8 Å². The lowest BCUT2D eigenvalue weighted by Crippen LogP contribution is -2.39. The Morgan fingerprint density at radius 1 is 1.25 bits per heavy atom. The van der Waals surface area contributed by atoms with E-state index in [-0.39, 0.29) is 12.8 Å². The SMILES string of the molecule is CC(=O)OC1(C)CC(C(=O)O)CC1C(=O)O. The molecule has 6 nitrogen and oxygen atoms in total. The molecule has 16 heavy (non-hydrogen) atoms. The number of ether oxygens (including phenoxy) is 1. The molecule has 2 N–H and O–H groups in total. The van der Waals surface area contributed by atoms with Crippen molar-refractivity contribution in [3.8, 4) is 0 Å². The Morgan fingerprint density at radius 2 is 1.81 bits per heavy atom. The van der Waals surface area contributed by atoms with Gasteiger partial charge in [0, 0.05) is 13.3 Å². The zero-order chi connectivity index (χ0) is 12.5. The highest BCUT2D eigenvalue weighted by Gasteiger charge is 2.52. The van der Waals surface area contributed by atoms with Gasteiger partial charge < -0.3 is 14.9 Å². The molecular formula is C10H14O6. The quantitative estimate of drug-likeness (QED) is 0.685. The number of carboxylic acids is 2. The average molecular weight is 230 g/mol. The summed E-state index contributed by atoms with van der Waals surface area (Å²) < 4.78 is 4.97. The van der Waals surface area contributed by atoms with Gasteiger partial charge in [-0.3, -0.25) is 14.4 Å². The Balaban J connectivity index is 2.92. The maximum Gasteiger partial charge on any atom is 0.310 e. The molecule has 6 heteroatoms. The van der Waals surface area contributed by atoms with Crippen LogP contribution in [0.25, 0.3) is 0 Å². The van der Waals surface area contributed by atoms with Gasteiger partial charge in [-0.25, -0.2) is 0 Å². The molecule has 0 amide bonds. The third kappa shape index (κ3) is 2.32. The number of aliphatic carboxylic acids is 2. The summed E-state index contributed by atoms with van der Waals surface area (Å²) in [6.45, 7) is 2.65. The van der Waals surface area contributed by atoms with E-state index in [1.165, 1.54) is 13.8 Å². The minimum Gasteiger partial charge on any atom is -0.481 e. The molecule has 0 aromatic heterocycles. The van der Waals surface area contributed by atoms with E-state index in [0.29, 0.717) is 0 Å². The predicted molar refractivity (Wildman–Crippen MR) is 51.7 cm³/mol. The van der Waals surface area contributed by atoms with Gasteiger partial charge >= 0.3 is 17.9 Å². The Kier molecular flexibility index (Phi) is 3.21. The van der Waals surface area contributed by atoms with Crippen LogP contribution in [0.15, 0.2) is 0 Å². The molecule has 0 bridgehead atoms. The van der Waals surface area contributed by atoms with Crippen molar-refractivity contribution in [1.29, 1.82) is 0 Å². The van der Waals surface area contributed by atoms with E-state index in [0.717, 1.165) is 0 Å². The topological polar surface area (TPSA) is 101 Å². The molecule has 3 atom stereocenters. The minimum atomic E-state index is -1.22. The van der Waals surface area contributed by atoms with Gasteiger partial charge in [-0.2, -0.15) is 0 Å². The van der Waals surface area contributed by atoms with Gasteiger partial charge in [-0.05, 0) is 13.3 Å². The standard InChI is InChI=1S/C10H14O6/c1-5(11)16-10(2)4-6(8(12)13)3-7(10)9(14)15/h6-7H,3-4H2,1-2H3,(H,12,13)(H,14,15). The van der Waals surface area contributed by atoms with Crippen molar-refractivity contribution >= 4 is 17.9 Å². The van der Waals surface area contributed by atoms with Crippen molar-refractivity contribution in [3.63, 3.8) is 0 Å². The van der Waals surface area contributed by atoms with Crippen LogP contribution in [0.1, 0.15) is 26.7 Å². The van der Waals surface area contributed by atoms with Crippen LogP contribution in [0.4, 0.5) is 0 Å². The van der Waals surface area contributed by atoms with E-state index in [4.69, 9.17) is 14.9 Å².